The van der Waals surface area contributed by atoms with Crippen molar-refractivity contribution >= 4 is 12.0 Å². The van der Waals surface area contributed by atoms with Crippen molar-refractivity contribution in [2.75, 3.05) is 0 Å². The third-order valence-corrected chi connectivity index (χ3v) is 3.68. The number of nitrogens with one attached hydrogen (secondary N) is 1. The average molecular weight is 301 g/mol. The number of hydrogen-bond donors (Lipinski definition) is 1. The molecule has 1 N–H and O–H groups in total. The van der Waals surface area contributed by atoms with E-state index >= 15 is 0 Å². The molecule has 0 aliphatic heterocycles. The van der Waals surface area contributed by atoms with Gasteiger partial charge in [0.25, 0.3) is 0 Å². The van der Waals surface area contributed by atoms with Gasteiger partial charge in [-0.15, -0.1) is 0 Å². The zero-order chi connectivity index (χ0) is 16.1. The van der Waals surface area contributed by atoms with Crippen molar-refractivity contribution in [1.29, 1.82) is 0 Å². The lowest BCUT2D eigenvalue weighted by Gasteiger charge is -2.01. The smallest absolute Gasteiger partial charge is 0.244 e. The first kappa shape index (κ1) is 16.0. The molecule has 0 fully saturated rings. The lowest BCUT2D eigenvalue weighted by atomic mass is 10.2. The van der Waals surface area contributed by atoms with Gasteiger partial charge in [0.2, 0.25) is 5.91 Å². The minimum atomic E-state index is -0.118. The van der Waals surface area contributed by atoms with Gasteiger partial charge >= 0.3 is 0 Å². The van der Waals surface area contributed by atoms with Crippen molar-refractivity contribution in [3.8, 4) is 0 Å². The van der Waals surface area contributed by atoms with E-state index in [0.29, 0.717) is 6.54 Å². The van der Waals surface area contributed by atoms with Crippen molar-refractivity contribution in [2.24, 2.45) is 0 Å². The van der Waals surface area contributed by atoms with E-state index in [-0.39, 0.29) is 5.91 Å². The van der Waals surface area contributed by atoms with E-state index in [2.05, 4.69) is 15.5 Å². The lowest BCUT2D eigenvalue weighted by Crippen LogP contribution is -2.20. The summed E-state index contributed by atoms with van der Waals surface area (Å²) in [5.74, 6) is -0.118. The SMILES string of the molecule is CCn1cc(CNC(=O)/C=C/c2cnn(CC)c2C)c(C)n1. The number of carbonyl (C=O) groups excluding carboxylic acids is 1. The highest BCUT2D eigenvalue weighted by atomic mass is 16.1. The first-order valence-corrected chi connectivity index (χ1v) is 7.56. The van der Waals surface area contributed by atoms with E-state index < -0.39 is 0 Å². The van der Waals surface area contributed by atoms with Crippen LogP contribution >= 0.6 is 0 Å². The largest absolute Gasteiger partial charge is 0.348 e. The first-order valence-electron chi connectivity index (χ1n) is 7.56. The molecule has 0 bridgehead atoms. The van der Waals surface area contributed by atoms with Crippen LogP contribution in [0, 0.1) is 13.8 Å². The number of aryl methyl sites for hydroxylation is 3. The number of nitrogens with zero attached hydrogens (tertiary/aromatic N) is 4. The van der Waals surface area contributed by atoms with Crippen LogP contribution in [0.15, 0.2) is 18.5 Å². The zero-order valence-corrected chi connectivity index (χ0v) is 13.6. The third-order valence-electron chi connectivity index (χ3n) is 3.68. The van der Waals surface area contributed by atoms with Crippen molar-refractivity contribution in [3.63, 3.8) is 0 Å². The van der Waals surface area contributed by atoms with Crippen molar-refractivity contribution in [1.82, 2.24) is 24.9 Å². The summed E-state index contributed by atoms with van der Waals surface area (Å²) in [6.07, 6.45) is 7.09. The molecule has 0 spiro atoms. The maximum absolute atomic E-state index is 11.9. The predicted octanol–water partition coefficient (Wildman–Crippen LogP) is 2.07. The topological polar surface area (TPSA) is 64.7 Å². The number of hydrogen-bond acceptors (Lipinski definition) is 3. The molecule has 0 aromatic carbocycles. The third kappa shape index (κ3) is 3.63. The Kier molecular flexibility index (Phi) is 5.14. The molecule has 0 radical (unpaired) electrons. The number of aromatic nitrogens is 4. The predicted molar refractivity (Wildman–Crippen MR) is 86.2 cm³/mol. The van der Waals surface area contributed by atoms with Crippen molar-refractivity contribution < 1.29 is 4.79 Å². The Balaban J connectivity index is 1.93. The molecule has 22 heavy (non-hydrogen) atoms. The Bertz CT molecular complexity index is 681. The normalized spacial score (nSPS) is 11.3. The summed E-state index contributed by atoms with van der Waals surface area (Å²) < 4.78 is 3.77. The van der Waals surface area contributed by atoms with Gasteiger partial charge in [0.1, 0.15) is 0 Å². The summed E-state index contributed by atoms with van der Waals surface area (Å²) in [7, 11) is 0. The molecule has 2 heterocycles. The van der Waals surface area contributed by atoms with Crippen molar-refractivity contribution in [2.45, 2.75) is 47.3 Å². The quantitative estimate of drug-likeness (QED) is 0.831. The van der Waals surface area contributed by atoms with E-state index in [0.717, 1.165) is 35.6 Å². The van der Waals surface area contributed by atoms with Gasteiger partial charge in [0, 0.05) is 48.7 Å². The second-order valence-electron chi connectivity index (χ2n) is 5.15. The minimum Gasteiger partial charge on any atom is -0.348 e. The van der Waals surface area contributed by atoms with E-state index in [1.165, 1.54) is 0 Å². The summed E-state index contributed by atoms with van der Waals surface area (Å²) in [5, 5.41) is 11.5. The molecule has 2 rings (SSSR count). The molecule has 6 heteroatoms. The Morgan fingerprint density at radius 3 is 2.68 bits per heavy atom. The molecular weight excluding hydrogens is 278 g/mol. The van der Waals surface area contributed by atoms with E-state index in [1.807, 2.05) is 43.3 Å². The maximum atomic E-state index is 11.9. The fraction of sp³-hybridized carbons (Fsp3) is 0.438. The highest BCUT2D eigenvalue weighted by molar-refractivity contribution is 5.91. The summed E-state index contributed by atoms with van der Waals surface area (Å²) in [6, 6.07) is 0. The molecule has 2 aromatic rings. The van der Waals surface area contributed by atoms with Crippen molar-refractivity contribution in [3.05, 3.63) is 41.0 Å². The van der Waals surface area contributed by atoms with Gasteiger partial charge in [-0.2, -0.15) is 10.2 Å². The molecule has 2 aromatic heterocycles. The second kappa shape index (κ2) is 7.06. The molecule has 0 aliphatic carbocycles. The van der Waals surface area contributed by atoms with Crippen LogP contribution in [0.5, 0.6) is 0 Å². The molecule has 0 atom stereocenters. The lowest BCUT2D eigenvalue weighted by molar-refractivity contribution is -0.116. The Labute approximate surface area is 130 Å². The van der Waals surface area contributed by atoms with Gasteiger partial charge in [0.15, 0.2) is 0 Å². The second-order valence-corrected chi connectivity index (χ2v) is 5.15. The van der Waals surface area contributed by atoms with Crippen LogP contribution in [0.4, 0.5) is 0 Å². The van der Waals surface area contributed by atoms with Crippen LogP contribution in [0.2, 0.25) is 0 Å². The van der Waals surface area contributed by atoms with E-state index in [4.69, 9.17) is 0 Å². The Hall–Kier alpha value is -2.37. The van der Waals surface area contributed by atoms with Crippen LogP contribution in [0.3, 0.4) is 0 Å². The highest BCUT2D eigenvalue weighted by Gasteiger charge is 2.06. The molecule has 0 aliphatic rings. The summed E-state index contributed by atoms with van der Waals surface area (Å²) in [5.41, 5.74) is 4.02. The standard InChI is InChI=1S/C16H23N5O/c1-5-20-11-15(12(3)19-20)9-17-16(22)8-7-14-10-18-21(6-2)13(14)4/h7-8,10-11H,5-6,9H2,1-4H3,(H,17,22)/b8-7+. The van der Waals surface area contributed by atoms with Gasteiger partial charge in [-0.25, -0.2) is 0 Å². The summed E-state index contributed by atoms with van der Waals surface area (Å²) >= 11 is 0. The number of carbonyl (C=O) groups is 1. The molecule has 1 amide bonds. The van der Waals surface area contributed by atoms with Crippen LogP contribution in [-0.2, 0) is 24.4 Å². The Morgan fingerprint density at radius 2 is 2.09 bits per heavy atom. The van der Waals surface area contributed by atoms with Gasteiger partial charge < -0.3 is 5.32 Å². The van der Waals surface area contributed by atoms with E-state index in [1.54, 1.807) is 18.3 Å². The fourth-order valence-electron chi connectivity index (χ4n) is 2.24. The summed E-state index contributed by atoms with van der Waals surface area (Å²) in [4.78, 5) is 11.9. The fourth-order valence-corrected chi connectivity index (χ4v) is 2.24. The monoisotopic (exact) mass is 301 g/mol. The van der Waals surface area contributed by atoms with Crippen LogP contribution < -0.4 is 5.32 Å². The first-order chi connectivity index (χ1) is 10.5. The molecule has 6 nitrogen and oxygen atoms in total. The minimum absolute atomic E-state index is 0.118. The molecular formula is C16H23N5O. The number of amides is 1. The van der Waals surface area contributed by atoms with Crippen LogP contribution in [-0.4, -0.2) is 25.5 Å². The van der Waals surface area contributed by atoms with E-state index in [9.17, 15) is 4.79 Å². The highest BCUT2D eigenvalue weighted by Crippen LogP contribution is 2.09. The number of rotatable bonds is 6. The molecule has 0 saturated heterocycles. The summed E-state index contributed by atoms with van der Waals surface area (Å²) in [6.45, 7) is 10.2. The molecule has 0 saturated carbocycles. The Morgan fingerprint density at radius 1 is 1.32 bits per heavy atom. The zero-order valence-electron chi connectivity index (χ0n) is 13.6. The van der Waals surface area contributed by atoms with Gasteiger partial charge in [-0.3, -0.25) is 14.2 Å². The van der Waals surface area contributed by atoms with Crippen LogP contribution in [0.1, 0.15) is 36.4 Å². The van der Waals surface area contributed by atoms with Gasteiger partial charge in [-0.1, -0.05) is 0 Å². The molecule has 0 unspecified atom stereocenters. The average Bonchev–Trinajstić information content (AvgIpc) is 3.05. The van der Waals surface area contributed by atoms with Gasteiger partial charge in [-0.05, 0) is 33.8 Å². The van der Waals surface area contributed by atoms with Gasteiger partial charge in [0.05, 0.1) is 11.9 Å². The molecule has 118 valence electrons. The van der Waals surface area contributed by atoms with Crippen LogP contribution in [0.25, 0.3) is 6.08 Å². The maximum Gasteiger partial charge on any atom is 0.244 e.